The summed E-state index contributed by atoms with van der Waals surface area (Å²) < 4.78 is 10.8. The minimum atomic E-state index is -0.0659. The Morgan fingerprint density at radius 2 is 1.83 bits per heavy atom. The minimum absolute atomic E-state index is 0. The normalized spacial score (nSPS) is 20.5. The molecule has 6 nitrogen and oxygen atoms in total. The van der Waals surface area contributed by atoms with E-state index in [1.54, 1.807) is 14.2 Å². The van der Waals surface area contributed by atoms with Crippen LogP contribution in [0.2, 0.25) is 0 Å². The summed E-state index contributed by atoms with van der Waals surface area (Å²) in [6.07, 6.45) is 3.94. The number of aliphatic imine (C=N–C) groups is 1. The highest BCUT2D eigenvalue weighted by Gasteiger charge is 2.31. The van der Waals surface area contributed by atoms with Crippen molar-refractivity contribution in [2.75, 3.05) is 54.0 Å². The molecule has 0 spiro atoms. The first kappa shape index (κ1) is 24.1. The van der Waals surface area contributed by atoms with Crippen LogP contribution in [0.25, 0.3) is 0 Å². The zero-order chi connectivity index (χ0) is 20.1. The monoisotopic (exact) mass is 516 g/mol. The van der Waals surface area contributed by atoms with Gasteiger partial charge in [-0.25, -0.2) is 0 Å². The lowest BCUT2D eigenvalue weighted by atomic mass is 9.84. The average molecular weight is 516 g/mol. The molecule has 0 aromatic heterocycles. The van der Waals surface area contributed by atoms with Gasteiger partial charge in [0.1, 0.15) is 0 Å². The number of nitrogens with one attached hydrogen (secondary N) is 1. The maximum atomic E-state index is 5.48. The molecule has 1 N–H and O–H groups in total. The van der Waals surface area contributed by atoms with Crippen LogP contribution in [-0.4, -0.2) is 75.8 Å². The quantitative estimate of drug-likeness (QED) is 0.357. The van der Waals surface area contributed by atoms with Crippen LogP contribution in [0.4, 0.5) is 0 Å². The predicted octanol–water partition coefficient (Wildman–Crippen LogP) is 3.34. The summed E-state index contributed by atoms with van der Waals surface area (Å²) in [6, 6.07) is 6.85. The molecule has 7 heteroatoms. The molecule has 2 heterocycles. The van der Waals surface area contributed by atoms with Crippen LogP contribution in [0.5, 0.6) is 11.5 Å². The van der Waals surface area contributed by atoms with E-state index in [0.717, 1.165) is 37.1 Å². The van der Waals surface area contributed by atoms with Crippen LogP contribution in [0.1, 0.15) is 38.7 Å². The Morgan fingerprint density at radius 1 is 1.14 bits per heavy atom. The lowest BCUT2D eigenvalue weighted by molar-refractivity contribution is 0.249. The van der Waals surface area contributed by atoms with Crippen LogP contribution in [0, 0.1) is 0 Å². The fourth-order valence-corrected chi connectivity index (χ4v) is 4.33. The molecular weight excluding hydrogens is 479 g/mol. The first-order chi connectivity index (χ1) is 13.5. The Balaban J connectivity index is 0.00000300. The van der Waals surface area contributed by atoms with Gasteiger partial charge in [-0.1, -0.05) is 19.9 Å². The Kier molecular flexibility index (Phi) is 8.88. The van der Waals surface area contributed by atoms with Crippen LogP contribution in [0.3, 0.4) is 0 Å². The van der Waals surface area contributed by atoms with Crippen molar-refractivity contribution in [1.29, 1.82) is 0 Å². The predicted molar refractivity (Wildman–Crippen MR) is 130 cm³/mol. The molecule has 2 saturated heterocycles. The largest absolute Gasteiger partial charge is 0.493 e. The number of hydrogen-bond donors (Lipinski definition) is 1. The maximum Gasteiger partial charge on any atom is 0.193 e. The molecule has 2 aliphatic rings. The third-order valence-electron chi connectivity index (χ3n) is 6.19. The summed E-state index contributed by atoms with van der Waals surface area (Å²) in [5.41, 5.74) is 1.15. The molecule has 2 aliphatic heterocycles. The molecule has 1 unspecified atom stereocenters. The lowest BCUT2D eigenvalue weighted by Crippen LogP contribution is -2.46. The molecule has 0 radical (unpaired) electrons. The highest BCUT2D eigenvalue weighted by Crippen LogP contribution is 2.33. The lowest BCUT2D eigenvalue weighted by Gasteiger charge is -2.30. The summed E-state index contributed by atoms with van der Waals surface area (Å²) in [4.78, 5) is 9.62. The van der Waals surface area contributed by atoms with Gasteiger partial charge in [0.25, 0.3) is 0 Å². The number of rotatable bonds is 6. The van der Waals surface area contributed by atoms with Gasteiger partial charge in [-0.2, -0.15) is 0 Å². The second kappa shape index (κ2) is 10.7. The Morgan fingerprint density at radius 3 is 2.45 bits per heavy atom. The second-order valence-electron chi connectivity index (χ2n) is 8.49. The van der Waals surface area contributed by atoms with E-state index in [4.69, 9.17) is 9.47 Å². The molecule has 0 bridgehead atoms. The van der Waals surface area contributed by atoms with E-state index in [-0.39, 0.29) is 29.4 Å². The topological polar surface area (TPSA) is 49.3 Å². The number of likely N-dealkylation sites (tertiary alicyclic amines) is 2. The third kappa shape index (κ3) is 5.69. The van der Waals surface area contributed by atoms with Gasteiger partial charge in [-0.3, -0.25) is 9.89 Å². The van der Waals surface area contributed by atoms with Gasteiger partial charge >= 0.3 is 0 Å². The van der Waals surface area contributed by atoms with Crippen LogP contribution in [-0.2, 0) is 5.41 Å². The molecule has 1 atom stereocenters. The van der Waals surface area contributed by atoms with Crippen molar-refractivity contribution in [2.24, 2.45) is 4.99 Å². The van der Waals surface area contributed by atoms with E-state index in [2.05, 4.69) is 46.1 Å². The number of benzene rings is 1. The summed E-state index contributed by atoms with van der Waals surface area (Å²) in [5, 5.41) is 3.61. The smallest absolute Gasteiger partial charge is 0.193 e. The Hall–Kier alpha value is -1.22. The second-order valence-corrected chi connectivity index (χ2v) is 8.49. The van der Waals surface area contributed by atoms with Gasteiger partial charge in [0.15, 0.2) is 17.5 Å². The molecule has 29 heavy (non-hydrogen) atoms. The number of halogens is 1. The van der Waals surface area contributed by atoms with Gasteiger partial charge in [0, 0.05) is 38.1 Å². The van der Waals surface area contributed by atoms with E-state index in [9.17, 15) is 0 Å². The van der Waals surface area contributed by atoms with Crippen LogP contribution < -0.4 is 14.8 Å². The molecular formula is C22H37IN4O2. The van der Waals surface area contributed by atoms with Gasteiger partial charge in [0.05, 0.1) is 14.2 Å². The number of guanidine groups is 1. The average Bonchev–Trinajstić information content (AvgIpc) is 3.39. The van der Waals surface area contributed by atoms with Crippen LogP contribution >= 0.6 is 24.0 Å². The van der Waals surface area contributed by atoms with Gasteiger partial charge in [-0.05, 0) is 50.0 Å². The first-order valence-corrected chi connectivity index (χ1v) is 10.4. The summed E-state index contributed by atoms with van der Waals surface area (Å²) in [5.74, 6) is 2.54. The highest BCUT2D eigenvalue weighted by molar-refractivity contribution is 14.0. The Labute approximate surface area is 193 Å². The molecule has 1 aromatic rings. The molecule has 0 saturated carbocycles. The van der Waals surface area contributed by atoms with E-state index in [1.807, 2.05) is 13.1 Å². The maximum absolute atomic E-state index is 5.48. The van der Waals surface area contributed by atoms with Crippen molar-refractivity contribution in [3.05, 3.63) is 23.8 Å². The molecule has 164 valence electrons. The number of methoxy groups -OCH3 is 2. The molecule has 1 aromatic carbocycles. The van der Waals surface area contributed by atoms with E-state index >= 15 is 0 Å². The molecule has 0 aliphatic carbocycles. The molecule has 3 rings (SSSR count). The number of nitrogens with zero attached hydrogens (tertiary/aromatic N) is 3. The van der Waals surface area contributed by atoms with Gasteiger partial charge in [0.2, 0.25) is 0 Å². The van der Waals surface area contributed by atoms with E-state index in [0.29, 0.717) is 6.04 Å². The van der Waals surface area contributed by atoms with Gasteiger partial charge in [-0.15, -0.1) is 24.0 Å². The summed E-state index contributed by atoms with van der Waals surface area (Å²) in [6.45, 7) is 9.97. The van der Waals surface area contributed by atoms with Crippen molar-refractivity contribution in [3.8, 4) is 11.5 Å². The van der Waals surface area contributed by atoms with Crippen LogP contribution in [0.15, 0.2) is 23.2 Å². The molecule has 0 amide bonds. The SMILES string of the molecule is CN=C(NCC(C)(C)c1ccc(OC)c(OC)c1)N1CCC(N2CCCC2)C1.I. The fourth-order valence-electron chi connectivity index (χ4n) is 4.33. The standard InChI is InChI=1S/C22H36N4O2.HI/c1-22(2,17-8-9-19(27-4)20(14-17)28-5)16-24-21(23-3)26-13-10-18(15-26)25-11-6-7-12-25;/h8-9,14,18H,6-7,10-13,15-16H2,1-5H3,(H,23,24);1H. The number of hydrogen-bond acceptors (Lipinski definition) is 4. The van der Waals surface area contributed by atoms with E-state index < -0.39 is 0 Å². The number of ether oxygens (including phenoxy) is 2. The van der Waals surface area contributed by atoms with Crippen molar-refractivity contribution >= 4 is 29.9 Å². The van der Waals surface area contributed by atoms with Crippen molar-refractivity contribution in [3.63, 3.8) is 0 Å². The zero-order valence-electron chi connectivity index (χ0n) is 18.5. The minimum Gasteiger partial charge on any atom is -0.493 e. The van der Waals surface area contributed by atoms with Crippen molar-refractivity contribution < 1.29 is 9.47 Å². The fraction of sp³-hybridized carbons (Fsp3) is 0.682. The van der Waals surface area contributed by atoms with E-state index in [1.165, 1.54) is 37.9 Å². The van der Waals surface area contributed by atoms with Crippen molar-refractivity contribution in [2.45, 2.75) is 44.6 Å². The summed E-state index contributed by atoms with van der Waals surface area (Å²) in [7, 11) is 5.23. The molecule has 2 fully saturated rings. The first-order valence-electron chi connectivity index (χ1n) is 10.4. The summed E-state index contributed by atoms with van der Waals surface area (Å²) >= 11 is 0. The Bertz CT molecular complexity index is 689. The highest BCUT2D eigenvalue weighted by atomic mass is 127. The third-order valence-corrected chi connectivity index (χ3v) is 6.19. The zero-order valence-corrected chi connectivity index (χ0v) is 20.9. The van der Waals surface area contributed by atoms with Crippen molar-refractivity contribution in [1.82, 2.24) is 15.1 Å². The van der Waals surface area contributed by atoms with Gasteiger partial charge < -0.3 is 19.7 Å².